The van der Waals surface area contributed by atoms with E-state index in [1.807, 2.05) is 55.5 Å². The Kier molecular flexibility index (Phi) is 5.21. The van der Waals surface area contributed by atoms with Crippen LogP contribution >= 0.6 is 0 Å². The topological polar surface area (TPSA) is 58.6 Å². The van der Waals surface area contributed by atoms with Crippen molar-refractivity contribution in [3.05, 3.63) is 54.1 Å². The van der Waals surface area contributed by atoms with Crippen LogP contribution in [0.5, 0.6) is 11.5 Å². The fraction of sp³-hybridized carbons (Fsp3) is 0.235. The third-order valence-corrected chi connectivity index (χ3v) is 3.01. The average Bonchev–Trinajstić information content (AvgIpc) is 2.47. The molecule has 2 aromatic carbocycles. The molecule has 4 heteroatoms. The maximum Gasteiger partial charge on any atom is 0.303 e. The third kappa shape index (κ3) is 5.18. The van der Waals surface area contributed by atoms with Gasteiger partial charge in [0.15, 0.2) is 0 Å². The van der Waals surface area contributed by atoms with E-state index < -0.39 is 5.97 Å². The molecule has 0 radical (unpaired) electrons. The third-order valence-electron chi connectivity index (χ3n) is 3.01. The predicted molar refractivity (Wildman–Crippen MR) is 83.1 cm³/mol. The summed E-state index contributed by atoms with van der Waals surface area (Å²) in [4.78, 5) is 10.4. The Balaban J connectivity index is 1.84. The quantitative estimate of drug-likeness (QED) is 0.753. The van der Waals surface area contributed by atoms with Gasteiger partial charge < -0.3 is 15.2 Å². The number of carboxylic acids is 1. The second-order valence-corrected chi connectivity index (χ2v) is 4.86. The molecule has 0 atom stereocenters. The van der Waals surface area contributed by atoms with Crippen molar-refractivity contribution in [1.29, 1.82) is 0 Å². The van der Waals surface area contributed by atoms with Crippen molar-refractivity contribution in [2.24, 2.45) is 0 Å². The van der Waals surface area contributed by atoms with Crippen molar-refractivity contribution in [1.82, 2.24) is 0 Å². The molecule has 0 aliphatic rings. The van der Waals surface area contributed by atoms with Gasteiger partial charge in [0.05, 0.1) is 0 Å². The highest BCUT2D eigenvalue weighted by Crippen LogP contribution is 2.23. The molecule has 0 spiro atoms. The molecule has 0 amide bonds. The molecular weight excluding hydrogens is 266 g/mol. The zero-order valence-corrected chi connectivity index (χ0v) is 12.0. The lowest BCUT2D eigenvalue weighted by molar-refractivity contribution is -0.137. The van der Waals surface area contributed by atoms with Crippen LogP contribution < -0.4 is 10.1 Å². The minimum absolute atomic E-state index is 0.182. The number of aliphatic carboxylic acids is 1. The van der Waals surface area contributed by atoms with Gasteiger partial charge in [-0.2, -0.15) is 0 Å². The Morgan fingerprint density at radius 1 is 1.05 bits per heavy atom. The number of rotatable bonds is 7. The molecule has 0 aliphatic heterocycles. The largest absolute Gasteiger partial charge is 0.481 e. The highest BCUT2D eigenvalue weighted by atomic mass is 16.5. The van der Waals surface area contributed by atoms with E-state index in [-0.39, 0.29) is 6.42 Å². The monoisotopic (exact) mass is 285 g/mol. The summed E-state index contributed by atoms with van der Waals surface area (Å²) in [6, 6.07) is 15.5. The Morgan fingerprint density at radius 2 is 1.62 bits per heavy atom. The van der Waals surface area contributed by atoms with Gasteiger partial charge in [0.25, 0.3) is 0 Å². The summed E-state index contributed by atoms with van der Waals surface area (Å²) < 4.78 is 5.74. The molecule has 0 aromatic heterocycles. The average molecular weight is 285 g/mol. The van der Waals surface area contributed by atoms with Crippen molar-refractivity contribution in [3.8, 4) is 11.5 Å². The molecule has 2 rings (SSSR count). The Hall–Kier alpha value is -2.49. The van der Waals surface area contributed by atoms with Crippen LogP contribution in [0.15, 0.2) is 48.5 Å². The summed E-state index contributed by atoms with van der Waals surface area (Å²) in [5, 5.41) is 11.7. The molecule has 4 nitrogen and oxygen atoms in total. The number of anilines is 1. The van der Waals surface area contributed by atoms with Gasteiger partial charge in [-0.05, 0) is 49.7 Å². The fourth-order valence-electron chi connectivity index (χ4n) is 1.86. The van der Waals surface area contributed by atoms with Gasteiger partial charge in [-0.1, -0.05) is 17.7 Å². The van der Waals surface area contributed by atoms with E-state index in [0.29, 0.717) is 13.0 Å². The second kappa shape index (κ2) is 7.33. The second-order valence-electron chi connectivity index (χ2n) is 4.86. The summed E-state index contributed by atoms with van der Waals surface area (Å²) in [6.45, 7) is 2.68. The molecule has 0 aliphatic carbocycles. The molecule has 0 unspecified atom stereocenters. The molecule has 110 valence electrons. The summed E-state index contributed by atoms with van der Waals surface area (Å²) >= 11 is 0. The van der Waals surface area contributed by atoms with Crippen LogP contribution in [0.1, 0.15) is 18.4 Å². The molecule has 0 bridgehead atoms. The lowest BCUT2D eigenvalue weighted by Gasteiger charge is -2.08. The summed E-state index contributed by atoms with van der Waals surface area (Å²) in [5.74, 6) is 0.816. The van der Waals surface area contributed by atoms with E-state index in [2.05, 4.69) is 5.32 Å². The first kappa shape index (κ1) is 14.9. The summed E-state index contributed by atoms with van der Waals surface area (Å²) in [7, 11) is 0. The fourth-order valence-corrected chi connectivity index (χ4v) is 1.86. The number of carbonyl (C=O) groups is 1. The van der Waals surface area contributed by atoms with Crippen LogP contribution in [0.25, 0.3) is 0 Å². The zero-order valence-electron chi connectivity index (χ0n) is 12.0. The maximum atomic E-state index is 10.4. The van der Waals surface area contributed by atoms with E-state index in [0.717, 1.165) is 17.2 Å². The van der Waals surface area contributed by atoms with E-state index in [1.54, 1.807) is 0 Å². The van der Waals surface area contributed by atoms with E-state index >= 15 is 0 Å². The lowest BCUT2D eigenvalue weighted by atomic mass is 10.2. The van der Waals surface area contributed by atoms with Gasteiger partial charge in [0.1, 0.15) is 11.5 Å². The van der Waals surface area contributed by atoms with Crippen LogP contribution in [-0.4, -0.2) is 17.6 Å². The Morgan fingerprint density at radius 3 is 2.19 bits per heavy atom. The summed E-state index contributed by atoms with van der Waals surface area (Å²) in [5.41, 5.74) is 2.15. The normalized spacial score (nSPS) is 10.1. The molecular formula is C17H19NO3. The number of aryl methyl sites for hydroxylation is 1. The SMILES string of the molecule is Cc1ccc(Oc2ccc(NCCCC(=O)O)cc2)cc1. The molecule has 0 saturated carbocycles. The van der Waals surface area contributed by atoms with E-state index in [1.165, 1.54) is 5.56 Å². The first-order valence-electron chi connectivity index (χ1n) is 6.94. The van der Waals surface area contributed by atoms with Gasteiger partial charge in [-0.15, -0.1) is 0 Å². The van der Waals surface area contributed by atoms with Crippen molar-refractivity contribution in [2.75, 3.05) is 11.9 Å². The number of carboxylic acid groups (broad SMARTS) is 1. The molecule has 2 aromatic rings. The number of benzene rings is 2. The smallest absolute Gasteiger partial charge is 0.303 e. The Bertz CT molecular complexity index is 576. The minimum Gasteiger partial charge on any atom is -0.481 e. The summed E-state index contributed by atoms with van der Waals surface area (Å²) in [6.07, 6.45) is 0.790. The maximum absolute atomic E-state index is 10.4. The first-order chi connectivity index (χ1) is 10.1. The van der Waals surface area contributed by atoms with Crippen LogP contribution in [0, 0.1) is 6.92 Å². The zero-order chi connectivity index (χ0) is 15.1. The minimum atomic E-state index is -0.765. The van der Waals surface area contributed by atoms with E-state index in [9.17, 15) is 4.79 Å². The van der Waals surface area contributed by atoms with Crippen LogP contribution in [0.2, 0.25) is 0 Å². The van der Waals surface area contributed by atoms with Gasteiger partial charge >= 0.3 is 5.97 Å². The van der Waals surface area contributed by atoms with Crippen LogP contribution in [-0.2, 0) is 4.79 Å². The van der Waals surface area contributed by atoms with Gasteiger partial charge in [0, 0.05) is 18.7 Å². The van der Waals surface area contributed by atoms with Gasteiger partial charge in [-0.3, -0.25) is 4.79 Å². The lowest BCUT2D eigenvalue weighted by Crippen LogP contribution is -2.04. The van der Waals surface area contributed by atoms with Gasteiger partial charge in [-0.25, -0.2) is 0 Å². The van der Waals surface area contributed by atoms with Crippen molar-refractivity contribution in [3.63, 3.8) is 0 Å². The standard InChI is InChI=1S/C17H19NO3/c1-13-4-8-15(9-5-13)21-16-10-6-14(7-11-16)18-12-2-3-17(19)20/h4-11,18H,2-3,12H2,1H3,(H,19,20). The Labute approximate surface area is 124 Å². The molecule has 0 heterocycles. The number of hydrogen-bond donors (Lipinski definition) is 2. The predicted octanol–water partition coefficient (Wildman–Crippen LogP) is 4.06. The highest BCUT2D eigenvalue weighted by molar-refractivity contribution is 5.66. The highest BCUT2D eigenvalue weighted by Gasteiger charge is 1.99. The van der Waals surface area contributed by atoms with Crippen molar-refractivity contribution < 1.29 is 14.6 Å². The number of nitrogens with one attached hydrogen (secondary N) is 1. The van der Waals surface area contributed by atoms with E-state index in [4.69, 9.17) is 9.84 Å². The number of ether oxygens (including phenoxy) is 1. The van der Waals surface area contributed by atoms with Crippen LogP contribution in [0.3, 0.4) is 0 Å². The number of hydrogen-bond acceptors (Lipinski definition) is 3. The first-order valence-corrected chi connectivity index (χ1v) is 6.94. The van der Waals surface area contributed by atoms with Crippen LogP contribution in [0.4, 0.5) is 5.69 Å². The molecule has 2 N–H and O–H groups in total. The molecule has 21 heavy (non-hydrogen) atoms. The van der Waals surface area contributed by atoms with Crippen molar-refractivity contribution >= 4 is 11.7 Å². The molecule has 0 saturated heterocycles. The molecule has 0 fully saturated rings. The van der Waals surface area contributed by atoms with Crippen molar-refractivity contribution in [2.45, 2.75) is 19.8 Å². The van der Waals surface area contributed by atoms with Gasteiger partial charge in [0.2, 0.25) is 0 Å².